The van der Waals surface area contributed by atoms with Crippen LogP contribution in [0, 0.1) is 10.8 Å². The average molecular weight is 238 g/mol. The molecule has 2 aliphatic carbocycles. The summed E-state index contributed by atoms with van der Waals surface area (Å²) < 4.78 is 0. The first kappa shape index (κ1) is 13.4. The van der Waals surface area contributed by atoms with Crippen molar-refractivity contribution in [2.75, 3.05) is 19.6 Å². The molecule has 0 aromatic rings. The highest BCUT2D eigenvalue weighted by molar-refractivity contribution is 4.91. The summed E-state index contributed by atoms with van der Waals surface area (Å²) in [5, 5.41) is 3.76. The van der Waals surface area contributed by atoms with Crippen LogP contribution in [0.2, 0.25) is 0 Å². The Morgan fingerprint density at radius 1 is 0.882 bits per heavy atom. The first-order valence-electron chi connectivity index (χ1n) is 7.65. The molecule has 0 radical (unpaired) electrons. The maximum absolute atomic E-state index is 6.03. The zero-order valence-corrected chi connectivity index (χ0v) is 11.6. The maximum Gasteiger partial charge on any atom is 0.00201 e. The Morgan fingerprint density at radius 3 is 1.94 bits per heavy atom. The molecule has 2 rings (SSSR count). The third-order valence-corrected chi connectivity index (χ3v) is 5.51. The van der Waals surface area contributed by atoms with Gasteiger partial charge in [-0.3, -0.25) is 0 Å². The molecule has 0 bridgehead atoms. The SMILES string of the molecule is CCC1(CNCC2(CN)CCCCC2)CCC1. The van der Waals surface area contributed by atoms with Crippen molar-refractivity contribution >= 4 is 0 Å². The second-order valence-electron chi connectivity index (χ2n) is 6.58. The van der Waals surface area contributed by atoms with Crippen molar-refractivity contribution in [2.45, 2.75) is 64.7 Å². The fraction of sp³-hybridized carbons (Fsp3) is 1.00. The zero-order chi connectivity index (χ0) is 12.2. The van der Waals surface area contributed by atoms with Crippen LogP contribution in [-0.2, 0) is 0 Å². The molecule has 0 aromatic carbocycles. The van der Waals surface area contributed by atoms with Crippen molar-refractivity contribution in [3.8, 4) is 0 Å². The minimum absolute atomic E-state index is 0.428. The molecule has 100 valence electrons. The molecule has 2 aliphatic rings. The molecule has 0 heterocycles. The van der Waals surface area contributed by atoms with Crippen LogP contribution in [0.25, 0.3) is 0 Å². The van der Waals surface area contributed by atoms with Crippen molar-refractivity contribution in [3.63, 3.8) is 0 Å². The number of nitrogens with two attached hydrogens (primary N) is 1. The van der Waals surface area contributed by atoms with Crippen LogP contribution in [-0.4, -0.2) is 19.6 Å². The molecule has 0 saturated heterocycles. The first-order valence-corrected chi connectivity index (χ1v) is 7.65. The van der Waals surface area contributed by atoms with E-state index in [1.54, 1.807) is 0 Å². The van der Waals surface area contributed by atoms with E-state index < -0.39 is 0 Å². The summed E-state index contributed by atoms with van der Waals surface area (Å²) >= 11 is 0. The summed E-state index contributed by atoms with van der Waals surface area (Å²) in [6.07, 6.45) is 12.5. The van der Waals surface area contributed by atoms with Gasteiger partial charge in [0.1, 0.15) is 0 Å². The van der Waals surface area contributed by atoms with Crippen molar-refractivity contribution < 1.29 is 0 Å². The van der Waals surface area contributed by atoms with E-state index in [2.05, 4.69) is 12.2 Å². The fourth-order valence-electron chi connectivity index (χ4n) is 3.68. The van der Waals surface area contributed by atoms with Crippen LogP contribution in [0.4, 0.5) is 0 Å². The number of hydrogen-bond acceptors (Lipinski definition) is 2. The molecule has 0 unspecified atom stereocenters. The van der Waals surface area contributed by atoms with E-state index in [9.17, 15) is 0 Å². The standard InChI is InChI=1S/C15H30N2/c1-2-14(9-6-10-14)12-17-13-15(11-16)7-4-3-5-8-15/h17H,2-13,16H2,1H3. The molecule has 0 spiro atoms. The molecule has 0 aliphatic heterocycles. The largest absolute Gasteiger partial charge is 0.330 e. The van der Waals surface area contributed by atoms with Crippen LogP contribution in [0.1, 0.15) is 64.7 Å². The fourth-order valence-corrected chi connectivity index (χ4v) is 3.68. The molecule has 17 heavy (non-hydrogen) atoms. The van der Waals surface area contributed by atoms with E-state index in [1.165, 1.54) is 64.3 Å². The minimum Gasteiger partial charge on any atom is -0.330 e. The number of hydrogen-bond donors (Lipinski definition) is 2. The highest BCUT2D eigenvalue weighted by Crippen LogP contribution is 2.43. The van der Waals surface area contributed by atoms with E-state index in [-0.39, 0.29) is 0 Å². The second-order valence-corrected chi connectivity index (χ2v) is 6.58. The molecule has 0 amide bonds. The molecule has 3 N–H and O–H groups in total. The normalized spacial score (nSPS) is 26.5. The van der Waals surface area contributed by atoms with E-state index in [1.807, 2.05) is 0 Å². The summed E-state index contributed by atoms with van der Waals surface area (Å²) in [6, 6.07) is 0. The smallest absolute Gasteiger partial charge is 0.00201 e. The van der Waals surface area contributed by atoms with Gasteiger partial charge in [0.2, 0.25) is 0 Å². The maximum atomic E-state index is 6.03. The lowest BCUT2D eigenvalue weighted by atomic mass is 9.66. The van der Waals surface area contributed by atoms with Crippen LogP contribution < -0.4 is 11.1 Å². The third-order valence-electron chi connectivity index (χ3n) is 5.51. The predicted molar refractivity (Wildman–Crippen MR) is 74.0 cm³/mol. The first-order chi connectivity index (χ1) is 8.24. The van der Waals surface area contributed by atoms with Crippen LogP contribution in [0.5, 0.6) is 0 Å². The Morgan fingerprint density at radius 2 is 1.47 bits per heavy atom. The van der Waals surface area contributed by atoms with Crippen LogP contribution in [0.3, 0.4) is 0 Å². The Bertz CT molecular complexity index is 222. The molecule has 2 nitrogen and oxygen atoms in total. The lowest BCUT2D eigenvalue weighted by Gasteiger charge is -2.43. The van der Waals surface area contributed by atoms with Crippen molar-refractivity contribution in [3.05, 3.63) is 0 Å². The van der Waals surface area contributed by atoms with E-state index in [0.717, 1.165) is 13.1 Å². The quantitative estimate of drug-likeness (QED) is 0.746. The summed E-state index contributed by atoms with van der Waals surface area (Å²) in [7, 11) is 0. The van der Waals surface area contributed by atoms with Gasteiger partial charge in [-0.05, 0) is 49.5 Å². The van der Waals surface area contributed by atoms with Crippen molar-refractivity contribution in [1.82, 2.24) is 5.32 Å². The Balaban J connectivity index is 1.75. The van der Waals surface area contributed by atoms with Gasteiger partial charge in [-0.2, -0.15) is 0 Å². The molecule has 2 fully saturated rings. The van der Waals surface area contributed by atoms with Gasteiger partial charge < -0.3 is 11.1 Å². The lowest BCUT2D eigenvalue weighted by molar-refractivity contribution is 0.109. The van der Waals surface area contributed by atoms with E-state index >= 15 is 0 Å². The summed E-state index contributed by atoms with van der Waals surface area (Å²) in [5.74, 6) is 0. The van der Waals surface area contributed by atoms with E-state index in [4.69, 9.17) is 5.73 Å². The topological polar surface area (TPSA) is 38.0 Å². The van der Waals surface area contributed by atoms with E-state index in [0.29, 0.717) is 10.8 Å². The summed E-state index contributed by atoms with van der Waals surface area (Å²) in [6.45, 7) is 5.61. The van der Waals surface area contributed by atoms with Crippen LogP contribution >= 0.6 is 0 Å². The Labute approximate surface area is 107 Å². The minimum atomic E-state index is 0.428. The molecule has 0 atom stereocenters. The molecular formula is C15H30N2. The summed E-state index contributed by atoms with van der Waals surface area (Å²) in [5.41, 5.74) is 7.10. The number of nitrogens with one attached hydrogen (secondary N) is 1. The lowest BCUT2D eigenvalue weighted by Crippen LogP contribution is -2.46. The van der Waals surface area contributed by atoms with Gasteiger partial charge in [-0.25, -0.2) is 0 Å². The van der Waals surface area contributed by atoms with Crippen molar-refractivity contribution in [1.29, 1.82) is 0 Å². The Hall–Kier alpha value is -0.0800. The Kier molecular flexibility index (Phi) is 4.48. The highest BCUT2D eigenvalue weighted by Gasteiger charge is 2.36. The van der Waals surface area contributed by atoms with Gasteiger partial charge in [0.05, 0.1) is 0 Å². The molecule has 2 saturated carbocycles. The van der Waals surface area contributed by atoms with Gasteiger partial charge in [-0.1, -0.05) is 32.6 Å². The predicted octanol–water partition coefficient (Wildman–Crippen LogP) is 3.07. The van der Waals surface area contributed by atoms with Gasteiger partial charge in [-0.15, -0.1) is 0 Å². The highest BCUT2D eigenvalue weighted by atomic mass is 14.9. The van der Waals surface area contributed by atoms with Crippen LogP contribution in [0.15, 0.2) is 0 Å². The molecule has 0 aromatic heterocycles. The van der Waals surface area contributed by atoms with Crippen molar-refractivity contribution in [2.24, 2.45) is 16.6 Å². The number of rotatable bonds is 6. The van der Waals surface area contributed by atoms with Gasteiger partial charge in [0, 0.05) is 13.1 Å². The van der Waals surface area contributed by atoms with Gasteiger partial charge in [0.25, 0.3) is 0 Å². The summed E-state index contributed by atoms with van der Waals surface area (Å²) in [4.78, 5) is 0. The monoisotopic (exact) mass is 238 g/mol. The molecular weight excluding hydrogens is 208 g/mol. The third kappa shape index (κ3) is 3.03. The zero-order valence-electron chi connectivity index (χ0n) is 11.6. The van der Waals surface area contributed by atoms with Gasteiger partial charge >= 0.3 is 0 Å². The van der Waals surface area contributed by atoms with Gasteiger partial charge in [0.15, 0.2) is 0 Å². The molecule has 2 heteroatoms. The second kappa shape index (κ2) is 5.71. The average Bonchev–Trinajstić information content (AvgIpc) is 2.34.